The number of thioether (sulfide) groups is 1. The van der Waals surface area contributed by atoms with Crippen molar-refractivity contribution in [1.29, 1.82) is 5.26 Å². The predicted molar refractivity (Wildman–Crippen MR) is 75.3 cm³/mol. The molecule has 2 rings (SSSR count). The highest BCUT2D eigenvalue weighted by Gasteiger charge is 2.16. The van der Waals surface area contributed by atoms with Gasteiger partial charge >= 0.3 is 0 Å². The van der Waals surface area contributed by atoms with Crippen molar-refractivity contribution < 1.29 is 0 Å². The lowest BCUT2D eigenvalue weighted by Gasteiger charge is -2.07. The van der Waals surface area contributed by atoms with Crippen molar-refractivity contribution >= 4 is 33.3 Å². The number of fused-ring (bicyclic) bond motifs is 1. The van der Waals surface area contributed by atoms with Crippen LogP contribution in [0.2, 0.25) is 0 Å². The van der Waals surface area contributed by atoms with Crippen LogP contribution in [0, 0.1) is 25.2 Å². The van der Waals surface area contributed by atoms with Crippen molar-refractivity contribution in [1.82, 2.24) is 9.55 Å². The summed E-state index contributed by atoms with van der Waals surface area (Å²) in [7, 11) is 1.70. The average molecular weight is 279 g/mol. The summed E-state index contributed by atoms with van der Waals surface area (Å²) in [4.78, 5) is 18.7. The summed E-state index contributed by atoms with van der Waals surface area (Å²) < 4.78 is 1.53. The molecule has 0 saturated heterocycles. The highest BCUT2D eigenvalue weighted by Crippen LogP contribution is 2.28. The summed E-state index contributed by atoms with van der Waals surface area (Å²) in [6.45, 7) is 5.74. The maximum atomic E-state index is 12.3. The van der Waals surface area contributed by atoms with Crippen LogP contribution < -0.4 is 5.56 Å². The second kappa shape index (κ2) is 4.75. The Kier molecular flexibility index (Phi) is 3.46. The molecule has 0 bridgehead atoms. The van der Waals surface area contributed by atoms with Gasteiger partial charge in [-0.1, -0.05) is 11.8 Å². The lowest BCUT2D eigenvalue weighted by Crippen LogP contribution is -2.20. The van der Waals surface area contributed by atoms with Gasteiger partial charge in [0.2, 0.25) is 0 Å². The lowest BCUT2D eigenvalue weighted by molar-refractivity contribution is 0.726. The summed E-state index contributed by atoms with van der Waals surface area (Å²) in [5, 5.41) is 9.92. The van der Waals surface area contributed by atoms with Crippen LogP contribution >= 0.6 is 23.1 Å². The predicted octanol–water partition coefficient (Wildman–Crippen LogP) is 2.62. The van der Waals surface area contributed by atoms with Crippen LogP contribution in [0.25, 0.3) is 10.2 Å². The van der Waals surface area contributed by atoms with E-state index in [4.69, 9.17) is 5.26 Å². The topological polar surface area (TPSA) is 58.7 Å². The van der Waals surface area contributed by atoms with E-state index in [0.717, 1.165) is 15.3 Å². The van der Waals surface area contributed by atoms with Gasteiger partial charge in [0.1, 0.15) is 4.83 Å². The molecule has 1 atom stereocenters. The Bertz CT molecular complexity index is 709. The maximum Gasteiger partial charge on any atom is 0.262 e. The van der Waals surface area contributed by atoms with Gasteiger partial charge in [-0.2, -0.15) is 5.26 Å². The van der Waals surface area contributed by atoms with E-state index in [9.17, 15) is 4.79 Å². The molecule has 2 heterocycles. The van der Waals surface area contributed by atoms with E-state index in [0.29, 0.717) is 10.5 Å². The van der Waals surface area contributed by atoms with Crippen LogP contribution in [0.5, 0.6) is 0 Å². The average Bonchev–Trinajstić information content (AvgIpc) is 2.61. The first-order valence-electron chi connectivity index (χ1n) is 5.48. The quantitative estimate of drug-likeness (QED) is 0.626. The molecule has 2 aromatic heterocycles. The number of rotatable bonds is 2. The van der Waals surface area contributed by atoms with Gasteiger partial charge in [0.15, 0.2) is 5.16 Å². The normalized spacial score (nSPS) is 12.6. The summed E-state index contributed by atoms with van der Waals surface area (Å²) in [6, 6.07) is 2.14. The smallest absolute Gasteiger partial charge is 0.262 e. The zero-order chi connectivity index (χ0) is 13.4. The van der Waals surface area contributed by atoms with Gasteiger partial charge in [0.25, 0.3) is 5.56 Å². The fraction of sp³-hybridized carbons (Fsp3) is 0.417. The van der Waals surface area contributed by atoms with Crippen molar-refractivity contribution in [2.75, 3.05) is 0 Å². The lowest BCUT2D eigenvalue weighted by atomic mass is 10.2. The fourth-order valence-electron chi connectivity index (χ4n) is 1.65. The molecule has 0 aliphatic carbocycles. The van der Waals surface area contributed by atoms with Crippen molar-refractivity contribution in [3.8, 4) is 6.07 Å². The molecule has 4 nitrogen and oxygen atoms in total. The minimum atomic E-state index is -0.220. The highest BCUT2D eigenvalue weighted by atomic mass is 32.2. The monoisotopic (exact) mass is 279 g/mol. The molecular formula is C12H13N3OS2. The summed E-state index contributed by atoms with van der Waals surface area (Å²) in [6.07, 6.45) is 0. The summed E-state index contributed by atoms with van der Waals surface area (Å²) in [5.41, 5.74) is 0.975. The Morgan fingerprint density at radius 1 is 1.50 bits per heavy atom. The maximum absolute atomic E-state index is 12.3. The third-order valence-corrected chi connectivity index (χ3v) is 4.97. The summed E-state index contributed by atoms with van der Waals surface area (Å²) >= 11 is 2.84. The first-order chi connectivity index (χ1) is 8.45. The van der Waals surface area contributed by atoms with E-state index >= 15 is 0 Å². The Hall–Kier alpha value is -1.32. The number of hydrogen-bond acceptors (Lipinski definition) is 5. The molecule has 0 unspecified atom stereocenters. The van der Waals surface area contributed by atoms with Crippen LogP contribution in [0.1, 0.15) is 17.4 Å². The number of aryl methyl sites for hydroxylation is 2. The van der Waals surface area contributed by atoms with E-state index < -0.39 is 0 Å². The molecule has 0 saturated carbocycles. The largest absolute Gasteiger partial charge is 0.290 e. The minimum Gasteiger partial charge on any atom is -0.290 e. The van der Waals surface area contributed by atoms with E-state index in [-0.39, 0.29) is 10.8 Å². The van der Waals surface area contributed by atoms with E-state index in [1.807, 2.05) is 13.8 Å². The van der Waals surface area contributed by atoms with Gasteiger partial charge in [0, 0.05) is 11.9 Å². The van der Waals surface area contributed by atoms with Gasteiger partial charge in [-0.05, 0) is 26.3 Å². The van der Waals surface area contributed by atoms with E-state index in [2.05, 4.69) is 11.1 Å². The van der Waals surface area contributed by atoms with Crippen molar-refractivity contribution in [3.05, 3.63) is 20.8 Å². The molecule has 0 N–H and O–H groups in total. The zero-order valence-corrected chi connectivity index (χ0v) is 12.3. The zero-order valence-electron chi connectivity index (χ0n) is 10.6. The number of aromatic nitrogens is 2. The highest BCUT2D eigenvalue weighted by molar-refractivity contribution is 8.00. The number of thiophene rings is 1. The SMILES string of the molecule is Cc1sc2nc(S[C@@H](C)C#N)n(C)c(=O)c2c1C. The number of hydrogen-bond donors (Lipinski definition) is 0. The van der Waals surface area contributed by atoms with Crippen molar-refractivity contribution in [3.63, 3.8) is 0 Å². The molecule has 6 heteroatoms. The van der Waals surface area contributed by atoms with Crippen molar-refractivity contribution in [2.45, 2.75) is 31.2 Å². The van der Waals surface area contributed by atoms with E-state index in [1.54, 1.807) is 14.0 Å². The molecule has 2 aromatic rings. The summed E-state index contributed by atoms with van der Waals surface area (Å²) in [5.74, 6) is 0. The third kappa shape index (κ3) is 2.04. The second-order valence-electron chi connectivity index (χ2n) is 4.11. The van der Waals surface area contributed by atoms with Gasteiger partial charge in [0.05, 0.1) is 16.7 Å². The molecule has 0 amide bonds. The molecule has 0 aromatic carbocycles. The third-order valence-electron chi connectivity index (χ3n) is 2.83. The van der Waals surface area contributed by atoms with E-state index in [1.165, 1.54) is 27.7 Å². The molecule has 94 valence electrons. The molecule has 0 fully saturated rings. The molecule has 0 aliphatic heterocycles. The van der Waals surface area contributed by atoms with Gasteiger partial charge in [-0.3, -0.25) is 9.36 Å². The Morgan fingerprint density at radius 2 is 2.17 bits per heavy atom. The van der Waals surface area contributed by atoms with Crippen LogP contribution in [0.15, 0.2) is 9.95 Å². The van der Waals surface area contributed by atoms with Gasteiger partial charge in [-0.25, -0.2) is 4.98 Å². The second-order valence-corrected chi connectivity index (χ2v) is 6.62. The standard InChI is InChI=1S/C12H13N3OS2/c1-6(5-13)17-12-14-10-9(11(16)15(12)4)7(2)8(3)18-10/h6H,1-4H3/t6-/m0/s1. The molecule has 0 spiro atoms. The van der Waals surface area contributed by atoms with Gasteiger partial charge < -0.3 is 0 Å². The Balaban J connectivity index is 2.69. The van der Waals surface area contributed by atoms with Crippen LogP contribution in [-0.4, -0.2) is 14.8 Å². The fourth-order valence-corrected chi connectivity index (χ4v) is 3.48. The van der Waals surface area contributed by atoms with Crippen LogP contribution in [0.3, 0.4) is 0 Å². The van der Waals surface area contributed by atoms with Crippen LogP contribution in [-0.2, 0) is 7.05 Å². The molecule has 0 radical (unpaired) electrons. The molecular weight excluding hydrogens is 266 g/mol. The first-order valence-corrected chi connectivity index (χ1v) is 7.18. The Labute approximate surface area is 113 Å². The van der Waals surface area contributed by atoms with Crippen molar-refractivity contribution in [2.24, 2.45) is 7.05 Å². The Morgan fingerprint density at radius 3 is 2.78 bits per heavy atom. The van der Waals surface area contributed by atoms with Gasteiger partial charge in [-0.15, -0.1) is 11.3 Å². The molecule has 0 aliphatic rings. The van der Waals surface area contributed by atoms with Crippen LogP contribution in [0.4, 0.5) is 0 Å². The first kappa shape index (κ1) is 13.1. The number of nitrogens with zero attached hydrogens (tertiary/aromatic N) is 3. The molecule has 18 heavy (non-hydrogen) atoms. The minimum absolute atomic E-state index is 0.0329. The number of nitriles is 1.